The van der Waals surface area contributed by atoms with E-state index in [0.717, 1.165) is 10.4 Å². The van der Waals surface area contributed by atoms with Gasteiger partial charge in [0, 0.05) is 23.2 Å². The molecule has 192 valence electrons. The molecule has 9 nitrogen and oxygen atoms in total. The van der Waals surface area contributed by atoms with E-state index in [-0.39, 0.29) is 31.6 Å². The summed E-state index contributed by atoms with van der Waals surface area (Å²) in [6.45, 7) is 3.31. The predicted molar refractivity (Wildman–Crippen MR) is 131 cm³/mol. The number of halogens is 2. The molecule has 1 aromatic heterocycles. The van der Waals surface area contributed by atoms with Crippen LogP contribution in [0.4, 0.5) is 4.39 Å². The van der Waals surface area contributed by atoms with Gasteiger partial charge in [-0.25, -0.2) is 4.39 Å². The summed E-state index contributed by atoms with van der Waals surface area (Å²) in [5.41, 5.74) is 0.514. The van der Waals surface area contributed by atoms with Gasteiger partial charge >= 0.3 is 5.97 Å². The van der Waals surface area contributed by atoms with E-state index in [0.29, 0.717) is 22.8 Å². The lowest BCUT2D eigenvalue weighted by molar-refractivity contribution is -0.149. The molecule has 1 heterocycles. The topological polar surface area (TPSA) is 127 Å². The Morgan fingerprint density at radius 3 is 2.61 bits per heavy atom. The fourth-order valence-corrected chi connectivity index (χ4v) is 4.06. The maximum Gasteiger partial charge on any atom is 0.309 e. The third-order valence-corrected chi connectivity index (χ3v) is 6.09. The monoisotopic (exact) mass is 518 g/mol. The zero-order valence-corrected chi connectivity index (χ0v) is 20.7. The molecule has 36 heavy (non-hydrogen) atoms. The van der Waals surface area contributed by atoms with Crippen molar-refractivity contribution in [3.8, 4) is 11.1 Å². The lowest BCUT2D eigenvalue weighted by Crippen LogP contribution is -2.43. The molecule has 0 bridgehead atoms. The van der Waals surface area contributed by atoms with Crippen molar-refractivity contribution in [1.29, 1.82) is 0 Å². The fraction of sp³-hybridized carbons (Fsp3) is 0.360. The zero-order valence-electron chi connectivity index (χ0n) is 19.9. The van der Waals surface area contributed by atoms with Crippen LogP contribution in [0.2, 0.25) is 5.02 Å². The molecule has 0 saturated carbocycles. The number of nitrogens with one attached hydrogen (secondary N) is 1. The van der Waals surface area contributed by atoms with Crippen molar-refractivity contribution in [2.75, 3.05) is 13.2 Å². The number of hydrogen-bond donors (Lipinski definition) is 3. The summed E-state index contributed by atoms with van der Waals surface area (Å²) in [5, 5.41) is 30.0. The Balaban J connectivity index is 1.83. The molecule has 1 unspecified atom stereocenters. The number of aliphatic hydroxyl groups excluding tert-OH is 1. The van der Waals surface area contributed by atoms with Gasteiger partial charge in [-0.1, -0.05) is 40.7 Å². The van der Waals surface area contributed by atoms with E-state index in [9.17, 15) is 24.2 Å². The highest BCUT2D eigenvalue weighted by molar-refractivity contribution is 6.30. The quantitative estimate of drug-likeness (QED) is 0.335. The molecule has 2 aromatic carbocycles. The van der Waals surface area contributed by atoms with Crippen molar-refractivity contribution >= 4 is 23.5 Å². The number of carboxylic acid groups (broad SMARTS) is 1. The standard InChI is InChI=1S/C25H28ClFN4O5/c1-3-36-31-15-22(29-30-31)23(33)28-19(14-25(2,10-11-32)24(34)35)12-16-4-6-17(7-5-16)20-13-18(26)8-9-21(20)27/h4-9,13,15,19,32H,3,10-12,14H2,1-2H3,(H,28,33)(H,34,35)/t19-,25?/m1/s1. The van der Waals surface area contributed by atoms with Crippen LogP contribution in [0.15, 0.2) is 48.7 Å². The average Bonchev–Trinajstić information content (AvgIpc) is 3.30. The second-order valence-corrected chi connectivity index (χ2v) is 9.10. The first-order valence-electron chi connectivity index (χ1n) is 11.4. The number of aromatic nitrogens is 3. The van der Waals surface area contributed by atoms with Gasteiger partial charge in [0.15, 0.2) is 5.69 Å². The fourth-order valence-electron chi connectivity index (χ4n) is 3.89. The van der Waals surface area contributed by atoms with Crippen molar-refractivity contribution in [2.45, 2.75) is 39.2 Å². The molecule has 0 saturated heterocycles. The molecular formula is C25H28ClFN4O5. The molecule has 3 rings (SSSR count). The first-order valence-corrected chi connectivity index (χ1v) is 11.8. The van der Waals surface area contributed by atoms with Crippen LogP contribution in [0.1, 0.15) is 42.7 Å². The van der Waals surface area contributed by atoms with Crippen LogP contribution in [0, 0.1) is 11.2 Å². The molecule has 0 aliphatic heterocycles. The van der Waals surface area contributed by atoms with Crippen LogP contribution in [0.3, 0.4) is 0 Å². The zero-order chi connectivity index (χ0) is 26.3. The summed E-state index contributed by atoms with van der Waals surface area (Å²) in [4.78, 5) is 31.1. The lowest BCUT2D eigenvalue weighted by atomic mass is 9.79. The molecule has 0 radical (unpaired) electrons. The van der Waals surface area contributed by atoms with Crippen molar-refractivity contribution in [3.63, 3.8) is 0 Å². The maximum atomic E-state index is 14.3. The number of hydrogen-bond acceptors (Lipinski definition) is 6. The molecule has 0 aliphatic rings. The Morgan fingerprint density at radius 1 is 1.25 bits per heavy atom. The molecule has 1 amide bonds. The Kier molecular flexibility index (Phi) is 9.00. The maximum absolute atomic E-state index is 14.3. The van der Waals surface area contributed by atoms with Gasteiger partial charge in [-0.05, 0) is 67.6 Å². The van der Waals surface area contributed by atoms with Gasteiger partial charge in [0.05, 0.1) is 5.41 Å². The number of carbonyl (C=O) groups is 2. The molecule has 3 N–H and O–H groups in total. The SMILES string of the molecule is CCOn1cc(C(=O)N[C@H](Cc2ccc(-c3cc(Cl)ccc3F)cc2)CC(C)(CCO)C(=O)O)nn1. The Labute approximate surface area is 212 Å². The number of nitrogens with zero attached hydrogens (tertiary/aromatic N) is 3. The smallest absolute Gasteiger partial charge is 0.309 e. The largest absolute Gasteiger partial charge is 0.481 e. The Bertz CT molecular complexity index is 1200. The minimum Gasteiger partial charge on any atom is -0.481 e. The first kappa shape index (κ1) is 27.1. The van der Waals surface area contributed by atoms with Gasteiger partial charge in [0.2, 0.25) is 0 Å². The third-order valence-electron chi connectivity index (χ3n) is 5.85. The minimum absolute atomic E-state index is 0.0133. The number of carboxylic acids is 1. The molecule has 11 heteroatoms. The number of aliphatic carboxylic acids is 1. The number of amides is 1. The van der Waals surface area contributed by atoms with Crippen molar-refractivity contribution in [2.24, 2.45) is 5.41 Å². The third kappa shape index (κ3) is 6.79. The normalized spacial score (nSPS) is 13.6. The van der Waals surface area contributed by atoms with Crippen LogP contribution in [0.25, 0.3) is 11.1 Å². The minimum atomic E-state index is -1.28. The highest BCUT2D eigenvalue weighted by Crippen LogP contribution is 2.30. The molecule has 0 aliphatic carbocycles. The first-order chi connectivity index (χ1) is 17.1. The molecule has 2 atom stereocenters. The number of benzene rings is 2. The summed E-state index contributed by atoms with van der Waals surface area (Å²) in [5.74, 6) is -2.02. The van der Waals surface area contributed by atoms with Crippen molar-refractivity contribution in [3.05, 3.63) is 70.8 Å². The number of aliphatic hydroxyl groups is 1. The van der Waals surface area contributed by atoms with E-state index >= 15 is 0 Å². The van der Waals surface area contributed by atoms with Crippen LogP contribution in [0.5, 0.6) is 0 Å². The van der Waals surface area contributed by atoms with Gasteiger partial charge in [-0.3, -0.25) is 9.59 Å². The number of rotatable bonds is 12. The Morgan fingerprint density at radius 2 is 1.97 bits per heavy atom. The van der Waals surface area contributed by atoms with Crippen LogP contribution in [-0.2, 0) is 11.2 Å². The summed E-state index contributed by atoms with van der Waals surface area (Å²) in [7, 11) is 0. The molecule has 0 spiro atoms. The second kappa shape index (κ2) is 12.0. The van der Waals surface area contributed by atoms with E-state index in [1.54, 1.807) is 31.2 Å². The predicted octanol–water partition coefficient (Wildman–Crippen LogP) is 3.39. The molecule has 3 aromatic rings. The van der Waals surface area contributed by atoms with Crippen LogP contribution in [-0.4, -0.2) is 56.5 Å². The highest BCUT2D eigenvalue weighted by Gasteiger charge is 2.36. The lowest BCUT2D eigenvalue weighted by Gasteiger charge is -2.29. The number of carbonyl (C=O) groups excluding carboxylic acids is 1. The highest BCUT2D eigenvalue weighted by atomic mass is 35.5. The van der Waals surface area contributed by atoms with Gasteiger partial charge < -0.3 is 20.4 Å². The molecule has 0 fully saturated rings. The molecular weight excluding hydrogens is 491 g/mol. The van der Waals surface area contributed by atoms with Gasteiger partial charge in [0.1, 0.15) is 18.6 Å². The Hall–Kier alpha value is -3.50. The van der Waals surface area contributed by atoms with E-state index in [4.69, 9.17) is 16.4 Å². The van der Waals surface area contributed by atoms with E-state index < -0.39 is 29.2 Å². The summed E-state index contributed by atoms with van der Waals surface area (Å²) >= 11 is 6.01. The second-order valence-electron chi connectivity index (χ2n) is 8.66. The summed E-state index contributed by atoms with van der Waals surface area (Å²) in [6, 6.07) is 10.7. The summed E-state index contributed by atoms with van der Waals surface area (Å²) in [6.07, 6.45) is 1.69. The van der Waals surface area contributed by atoms with Gasteiger partial charge in [-0.15, -0.1) is 5.10 Å². The van der Waals surface area contributed by atoms with Crippen molar-refractivity contribution in [1.82, 2.24) is 20.5 Å². The average molecular weight is 519 g/mol. The van der Waals surface area contributed by atoms with Gasteiger partial charge in [-0.2, -0.15) is 0 Å². The van der Waals surface area contributed by atoms with Crippen LogP contribution >= 0.6 is 11.6 Å². The summed E-state index contributed by atoms with van der Waals surface area (Å²) < 4.78 is 14.3. The van der Waals surface area contributed by atoms with E-state index in [1.165, 1.54) is 31.3 Å². The van der Waals surface area contributed by atoms with E-state index in [1.807, 2.05) is 0 Å². The van der Waals surface area contributed by atoms with Crippen LogP contribution < -0.4 is 10.2 Å². The van der Waals surface area contributed by atoms with Crippen molar-refractivity contribution < 1.29 is 29.0 Å². The van der Waals surface area contributed by atoms with E-state index in [2.05, 4.69) is 15.6 Å². The van der Waals surface area contributed by atoms with Gasteiger partial charge in [0.25, 0.3) is 5.91 Å².